The van der Waals surface area contributed by atoms with Crippen LogP contribution in [0, 0.1) is 21.4 Å². The average molecular weight is 229 g/mol. The number of halogens is 2. The minimum Gasteiger partial charge on any atom is -0.358 e. The summed E-state index contributed by atoms with van der Waals surface area (Å²) in [6.45, 7) is 0. The van der Waals surface area contributed by atoms with Gasteiger partial charge in [0, 0.05) is 0 Å². The number of alkyl halides is 2. The summed E-state index contributed by atoms with van der Waals surface area (Å²) in [6.07, 6.45) is -3.59. The molecule has 0 spiro atoms. The number of rotatable bonds is 3. The Balaban J connectivity index is 3.46. The summed E-state index contributed by atoms with van der Waals surface area (Å²) in [7, 11) is 0. The molecule has 0 aliphatic rings. The van der Waals surface area contributed by atoms with Gasteiger partial charge in [0.05, 0.1) is 18.6 Å². The van der Waals surface area contributed by atoms with Crippen molar-refractivity contribution < 1.29 is 13.7 Å². The zero-order valence-corrected chi connectivity index (χ0v) is 7.74. The first-order chi connectivity index (χ1) is 7.47. The molecule has 0 aromatic carbocycles. The number of H-pyrrole nitrogens is 1. The van der Waals surface area contributed by atoms with Gasteiger partial charge in [-0.1, -0.05) is 0 Å². The smallest absolute Gasteiger partial charge is 0.324 e. The number of nitro groups is 1. The maximum atomic E-state index is 12.4. The standard InChI is InChI=1S/C8H5F2N3O3/c9-8(10)7-4(1-2-11)12-6(13(15)16)3-5(7)14/h3,8H,1H2,(H,12,14). The molecule has 0 aliphatic heterocycles. The molecule has 1 aromatic rings. The lowest BCUT2D eigenvalue weighted by Gasteiger charge is -2.02. The zero-order chi connectivity index (χ0) is 12.3. The van der Waals surface area contributed by atoms with Crippen LogP contribution in [-0.4, -0.2) is 9.91 Å². The highest BCUT2D eigenvalue weighted by molar-refractivity contribution is 5.31. The van der Waals surface area contributed by atoms with Gasteiger partial charge in [-0.15, -0.1) is 0 Å². The molecule has 0 unspecified atom stereocenters. The summed E-state index contributed by atoms with van der Waals surface area (Å²) in [4.78, 5) is 22.6. The van der Waals surface area contributed by atoms with E-state index in [9.17, 15) is 23.7 Å². The normalized spacial score (nSPS) is 10.1. The second kappa shape index (κ2) is 4.48. The number of nitriles is 1. The van der Waals surface area contributed by atoms with Crippen molar-refractivity contribution in [3.05, 3.63) is 37.7 Å². The van der Waals surface area contributed by atoms with E-state index in [1.54, 1.807) is 6.07 Å². The molecule has 0 bridgehead atoms. The molecule has 0 saturated carbocycles. The van der Waals surface area contributed by atoms with Gasteiger partial charge in [-0.25, -0.2) is 13.8 Å². The quantitative estimate of drug-likeness (QED) is 0.623. The monoisotopic (exact) mass is 229 g/mol. The topological polar surface area (TPSA) is 99.8 Å². The van der Waals surface area contributed by atoms with Crippen molar-refractivity contribution in [1.82, 2.24) is 4.98 Å². The van der Waals surface area contributed by atoms with Crippen molar-refractivity contribution in [3.8, 4) is 6.07 Å². The van der Waals surface area contributed by atoms with Gasteiger partial charge in [0.2, 0.25) is 0 Å². The Labute approximate surface area is 87.3 Å². The molecular formula is C8H5F2N3O3. The SMILES string of the molecule is N#CCc1[nH]c([N+](=O)[O-])cc(=O)c1C(F)F. The van der Waals surface area contributed by atoms with Gasteiger partial charge in [0.15, 0.2) is 5.43 Å². The van der Waals surface area contributed by atoms with E-state index in [0.29, 0.717) is 6.07 Å². The highest BCUT2D eigenvalue weighted by Gasteiger charge is 2.22. The Morgan fingerprint density at radius 2 is 2.25 bits per heavy atom. The second-order valence-corrected chi connectivity index (χ2v) is 2.80. The van der Waals surface area contributed by atoms with E-state index in [1.807, 2.05) is 4.98 Å². The van der Waals surface area contributed by atoms with Gasteiger partial charge in [0.25, 0.3) is 6.43 Å². The molecule has 6 nitrogen and oxygen atoms in total. The van der Waals surface area contributed by atoms with Crippen LogP contribution in [0.4, 0.5) is 14.6 Å². The first-order valence-electron chi connectivity index (χ1n) is 4.03. The van der Waals surface area contributed by atoms with Crippen LogP contribution in [0.1, 0.15) is 17.7 Å². The Hall–Kier alpha value is -2.30. The third-order valence-corrected chi connectivity index (χ3v) is 1.81. The summed E-state index contributed by atoms with van der Waals surface area (Å²) >= 11 is 0. The van der Waals surface area contributed by atoms with Crippen molar-refractivity contribution in [2.45, 2.75) is 12.8 Å². The Morgan fingerprint density at radius 1 is 1.62 bits per heavy atom. The predicted molar refractivity (Wildman–Crippen MR) is 48.0 cm³/mol. The molecule has 16 heavy (non-hydrogen) atoms. The summed E-state index contributed by atoms with van der Waals surface area (Å²) in [5, 5.41) is 18.7. The van der Waals surface area contributed by atoms with Crippen molar-refractivity contribution in [3.63, 3.8) is 0 Å². The molecule has 0 fully saturated rings. The van der Waals surface area contributed by atoms with E-state index in [0.717, 1.165) is 0 Å². The van der Waals surface area contributed by atoms with E-state index < -0.39 is 40.3 Å². The van der Waals surface area contributed by atoms with E-state index in [-0.39, 0.29) is 0 Å². The molecule has 0 amide bonds. The Bertz CT molecular complexity index is 518. The fraction of sp³-hybridized carbons (Fsp3) is 0.250. The molecule has 8 heteroatoms. The van der Waals surface area contributed by atoms with Crippen molar-refractivity contribution in [2.24, 2.45) is 0 Å². The average Bonchev–Trinajstić information content (AvgIpc) is 2.16. The first kappa shape index (κ1) is 11.8. The van der Waals surface area contributed by atoms with Gasteiger partial charge >= 0.3 is 5.82 Å². The van der Waals surface area contributed by atoms with Crippen LogP contribution >= 0.6 is 0 Å². The number of pyridine rings is 1. The number of hydrogen-bond acceptors (Lipinski definition) is 4. The number of aromatic amines is 1. The van der Waals surface area contributed by atoms with Crippen LogP contribution in [0.25, 0.3) is 0 Å². The van der Waals surface area contributed by atoms with Crippen LogP contribution < -0.4 is 5.43 Å². The van der Waals surface area contributed by atoms with Gasteiger partial charge < -0.3 is 10.1 Å². The van der Waals surface area contributed by atoms with Gasteiger partial charge in [0.1, 0.15) is 11.3 Å². The van der Waals surface area contributed by atoms with Crippen LogP contribution in [0.15, 0.2) is 10.9 Å². The van der Waals surface area contributed by atoms with Crippen molar-refractivity contribution in [1.29, 1.82) is 5.26 Å². The summed E-state index contributed by atoms with van der Waals surface area (Å²) in [5.74, 6) is -0.709. The summed E-state index contributed by atoms with van der Waals surface area (Å²) in [5.41, 5.74) is -2.46. The molecule has 84 valence electrons. The minimum absolute atomic E-state index is 0.420. The Morgan fingerprint density at radius 3 is 2.69 bits per heavy atom. The minimum atomic E-state index is -3.08. The molecule has 0 atom stereocenters. The highest BCUT2D eigenvalue weighted by Crippen LogP contribution is 2.20. The van der Waals surface area contributed by atoms with E-state index >= 15 is 0 Å². The number of nitrogens with zero attached hydrogens (tertiary/aromatic N) is 2. The third kappa shape index (κ3) is 2.20. The second-order valence-electron chi connectivity index (χ2n) is 2.80. The van der Waals surface area contributed by atoms with Crippen LogP contribution in [-0.2, 0) is 6.42 Å². The molecular weight excluding hydrogens is 224 g/mol. The first-order valence-corrected chi connectivity index (χ1v) is 4.03. The third-order valence-electron chi connectivity index (χ3n) is 1.81. The van der Waals surface area contributed by atoms with Crippen LogP contribution in [0.5, 0.6) is 0 Å². The summed E-state index contributed by atoms with van der Waals surface area (Å²) < 4.78 is 24.9. The largest absolute Gasteiger partial charge is 0.358 e. The molecule has 1 heterocycles. The molecule has 1 rings (SSSR count). The number of hydrogen-bond donors (Lipinski definition) is 1. The number of aromatic nitrogens is 1. The van der Waals surface area contributed by atoms with E-state index in [1.165, 1.54) is 0 Å². The van der Waals surface area contributed by atoms with E-state index in [4.69, 9.17) is 5.26 Å². The van der Waals surface area contributed by atoms with Crippen molar-refractivity contribution in [2.75, 3.05) is 0 Å². The lowest BCUT2D eigenvalue weighted by Crippen LogP contribution is -2.15. The van der Waals surface area contributed by atoms with Gasteiger partial charge in [-0.3, -0.25) is 4.79 Å². The predicted octanol–water partition coefficient (Wildman–Crippen LogP) is 1.29. The molecule has 1 N–H and O–H groups in total. The van der Waals surface area contributed by atoms with E-state index in [2.05, 4.69) is 0 Å². The molecule has 0 saturated heterocycles. The van der Waals surface area contributed by atoms with Gasteiger partial charge in [-0.2, -0.15) is 5.26 Å². The molecule has 0 radical (unpaired) electrons. The van der Waals surface area contributed by atoms with Gasteiger partial charge in [-0.05, 0) is 4.92 Å². The molecule has 1 aromatic heterocycles. The maximum Gasteiger partial charge on any atom is 0.324 e. The number of nitrogens with one attached hydrogen (secondary N) is 1. The molecule has 0 aliphatic carbocycles. The fourth-order valence-corrected chi connectivity index (χ4v) is 1.16. The maximum absolute atomic E-state index is 12.4. The fourth-order valence-electron chi connectivity index (χ4n) is 1.16. The summed E-state index contributed by atoms with van der Waals surface area (Å²) in [6, 6.07) is 2.02. The van der Waals surface area contributed by atoms with Crippen LogP contribution in [0.2, 0.25) is 0 Å². The lowest BCUT2D eigenvalue weighted by atomic mass is 10.1. The zero-order valence-electron chi connectivity index (χ0n) is 7.74. The van der Waals surface area contributed by atoms with Crippen LogP contribution in [0.3, 0.4) is 0 Å². The van der Waals surface area contributed by atoms with Crippen molar-refractivity contribution >= 4 is 5.82 Å². The lowest BCUT2D eigenvalue weighted by molar-refractivity contribution is -0.389. The Kier molecular flexibility index (Phi) is 3.30. The highest BCUT2D eigenvalue weighted by atomic mass is 19.3.